The highest BCUT2D eigenvalue weighted by Gasteiger charge is 2.34. The van der Waals surface area contributed by atoms with Crippen molar-refractivity contribution in [1.82, 2.24) is 4.90 Å². The third-order valence-electron chi connectivity index (χ3n) is 2.43. The van der Waals surface area contributed by atoms with Crippen molar-refractivity contribution in [2.75, 3.05) is 19.7 Å². The number of nitriles is 1. The number of hydrogen-bond acceptors (Lipinski definition) is 3. The first-order chi connectivity index (χ1) is 7.05. The molecular weight excluding hydrogens is 192 g/mol. The zero-order chi connectivity index (χ0) is 11.9. The van der Waals surface area contributed by atoms with E-state index in [9.17, 15) is 4.79 Å². The molecule has 0 aliphatic heterocycles. The van der Waals surface area contributed by atoms with Crippen LogP contribution in [0, 0.1) is 16.7 Å². The SMILES string of the molecule is C=CCN(CCO)C(=O)C(C)(C#N)CC. The van der Waals surface area contributed by atoms with Crippen molar-refractivity contribution in [3.8, 4) is 6.07 Å². The van der Waals surface area contributed by atoms with Crippen LogP contribution in [0.25, 0.3) is 0 Å². The second-order valence-corrected chi connectivity index (χ2v) is 3.56. The van der Waals surface area contributed by atoms with Crippen molar-refractivity contribution in [1.29, 1.82) is 5.26 Å². The highest BCUT2D eigenvalue weighted by Crippen LogP contribution is 2.22. The highest BCUT2D eigenvalue weighted by molar-refractivity contribution is 5.85. The van der Waals surface area contributed by atoms with Crippen molar-refractivity contribution < 1.29 is 9.90 Å². The first-order valence-electron chi connectivity index (χ1n) is 4.98. The summed E-state index contributed by atoms with van der Waals surface area (Å²) in [6.45, 7) is 7.44. The fraction of sp³-hybridized carbons (Fsp3) is 0.636. The van der Waals surface area contributed by atoms with Gasteiger partial charge in [-0.05, 0) is 13.3 Å². The zero-order valence-corrected chi connectivity index (χ0v) is 9.36. The smallest absolute Gasteiger partial charge is 0.243 e. The molecule has 0 rings (SSSR count). The van der Waals surface area contributed by atoms with Gasteiger partial charge in [0.15, 0.2) is 0 Å². The molecule has 0 aromatic rings. The van der Waals surface area contributed by atoms with Gasteiger partial charge in [0.2, 0.25) is 5.91 Å². The molecule has 4 heteroatoms. The van der Waals surface area contributed by atoms with Crippen LogP contribution in [0.15, 0.2) is 12.7 Å². The van der Waals surface area contributed by atoms with Crippen LogP contribution in [0.3, 0.4) is 0 Å². The lowest BCUT2D eigenvalue weighted by atomic mass is 9.87. The summed E-state index contributed by atoms with van der Waals surface area (Å²) < 4.78 is 0. The van der Waals surface area contributed by atoms with Crippen LogP contribution < -0.4 is 0 Å². The Labute approximate surface area is 90.8 Å². The summed E-state index contributed by atoms with van der Waals surface area (Å²) in [6, 6.07) is 2.02. The van der Waals surface area contributed by atoms with E-state index in [2.05, 4.69) is 6.58 Å². The molecule has 1 amide bonds. The van der Waals surface area contributed by atoms with E-state index in [0.717, 1.165) is 0 Å². The van der Waals surface area contributed by atoms with Crippen LogP contribution in [0.1, 0.15) is 20.3 Å². The Hall–Kier alpha value is -1.34. The summed E-state index contributed by atoms with van der Waals surface area (Å²) in [6.07, 6.45) is 2.04. The van der Waals surface area contributed by atoms with E-state index in [1.165, 1.54) is 4.90 Å². The maximum Gasteiger partial charge on any atom is 0.243 e. The van der Waals surface area contributed by atoms with Crippen LogP contribution >= 0.6 is 0 Å². The van der Waals surface area contributed by atoms with E-state index in [1.54, 1.807) is 19.9 Å². The predicted octanol–water partition coefficient (Wildman–Crippen LogP) is 0.933. The fourth-order valence-electron chi connectivity index (χ4n) is 1.18. The third kappa shape index (κ3) is 3.37. The number of nitrogens with zero attached hydrogens (tertiary/aromatic N) is 2. The van der Waals surface area contributed by atoms with Crippen LogP contribution in [0.5, 0.6) is 0 Å². The van der Waals surface area contributed by atoms with Crippen molar-refractivity contribution >= 4 is 5.91 Å². The molecule has 84 valence electrons. The number of carbonyl (C=O) groups excluding carboxylic acids is 1. The number of hydrogen-bond donors (Lipinski definition) is 1. The van der Waals surface area contributed by atoms with Gasteiger partial charge >= 0.3 is 0 Å². The molecular formula is C11H18N2O2. The molecule has 0 spiro atoms. The number of amides is 1. The molecule has 0 radical (unpaired) electrons. The van der Waals surface area contributed by atoms with Crippen LogP contribution in [-0.4, -0.2) is 35.6 Å². The van der Waals surface area contributed by atoms with Crippen molar-refractivity contribution in [3.05, 3.63) is 12.7 Å². The third-order valence-corrected chi connectivity index (χ3v) is 2.43. The van der Waals surface area contributed by atoms with Gasteiger partial charge in [-0.25, -0.2) is 0 Å². The molecule has 0 saturated heterocycles. The Morgan fingerprint density at radius 3 is 2.67 bits per heavy atom. The number of aliphatic hydroxyl groups excluding tert-OH is 1. The van der Waals surface area contributed by atoms with Gasteiger partial charge < -0.3 is 10.0 Å². The van der Waals surface area contributed by atoms with Gasteiger partial charge in [0.25, 0.3) is 0 Å². The molecule has 0 heterocycles. The molecule has 4 nitrogen and oxygen atoms in total. The highest BCUT2D eigenvalue weighted by atomic mass is 16.3. The lowest BCUT2D eigenvalue weighted by molar-refractivity contribution is -0.138. The molecule has 0 aliphatic carbocycles. The summed E-state index contributed by atoms with van der Waals surface area (Å²) in [5, 5.41) is 17.8. The minimum absolute atomic E-state index is 0.106. The van der Waals surface area contributed by atoms with E-state index in [4.69, 9.17) is 10.4 Å². The van der Waals surface area contributed by atoms with E-state index >= 15 is 0 Å². The Morgan fingerprint density at radius 1 is 1.73 bits per heavy atom. The van der Waals surface area contributed by atoms with Gasteiger partial charge in [0.05, 0.1) is 12.7 Å². The lowest BCUT2D eigenvalue weighted by Gasteiger charge is -2.27. The van der Waals surface area contributed by atoms with E-state index in [-0.39, 0.29) is 19.1 Å². The Balaban J connectivity index is 4.76. The number of carbonyl (C=O) groups is 1. The number of rotatable bonds is 6. The molecule has 0 fully saturated rings. The lowest BCUT2D eigenvalue weighted by Crippen LogP contribution is -2.43. The van der Waals surface area contributed by atoms with Crippen LogP contribution in [-0.2, 0) is 4.79 Å². The van der Waals surface area contributed by atoms with Gasteiger partial charge in [0, 0.05) is 13.1 Å². The molecule has 1 unspecified atom stereocenters. The summed E-state index contributed by atoms with van der Waals surface area (Å²) >= 11 is 0. The summed E-state index contributed by atoms with van der Waals surface area (Å²) in [4.78, 5) is 13.4. The van der Waals surface area contributed by atoms with Gasteiger partial charge in [-0.3, -0.25) is 4.79 Å². The maximum atomic E-state index is 12.0. The topological polar surface area (TPSA) is 64.3 Å². The van der Waals surface area contributed by atoms with Gasteiger partial charge in [-0.1, -0.05) is 13.0 Å². The predicted molar refractivity (Wildman–Crippen MR) is 57.9 cm³/mol. The number of aliphatic hydroxyl groups is 1. The molecule has 1 N–H and O–H groups in total. The van der Waals surface area contributed by atoms with Gasteiger partial charge in [-0.2, -0.15) is 5.26 Å². The normalized spacial score (nSPS) is 13.7. The summed E-state index contributed by atoms with van der Waals surface area (Å²) in [5.41, 5.74) is -1.00. The van der Waals surface area contributed by atoms with Crippen molar-refractivity contribution in [2.24, 2.45) is 5.41 Å². The van der Waals surface area contributed by atoms with Crippen molar-refractivity contribution in [3.63, 3.8) is 0 Å². The van der Waals surface area contributed by atoms with E-state index < -0.39 is 5.41 Å². The first kappa shape index (κ1) is 13.7. The Morgan fingerprint density at radius 2 is 2.33 bits per heavy atom. The molecule has 0 saturated carbocycles. The van der Waals surface area contributed by atoms with Gasteiger partial charge in [0.1, 0.15) is 5.41 Å². The van der Waals surface area contributed by atoms with Crippen molar-refractivity contribution in [2.45, 2.75) is 20.3 Å². The van der Waals surface area contributed by atoms with Crippen LogP contribution in [0.2, 0.25) is 0 Å². The van der Waals surface area contributed by atoms with E-state index in [0.29, 0.717) is 13.0 Å². The Kier molecular flexibility index (Phi) is 5.65. The first-order valence-corrected chi connectivity index (χ1v) is 4.98. The molecule has 0 aromatic carbocycles. The molecule has 1 atom stereocenters. The monoisotopic (exact) mass is 210 g/mol. The van der Waals surface area contributed by atoms with Crippen LogP contribution in [0.4, 0.5) is 0 Å². The van der Waals surface area contributed by atoms with Gasteiger partial charge in [-0.15, -0.1) is 6.58 Å². The average Bonchev–Trinajstić information content (AvgIpc) is 2.26. The largest absolute Gasteiger partial charge is 0.395 e. The summed E-state index contributed by atoms with van der Waals surface area (Å²) in [5.74, 6) is -0.249. The Bertz CT molecular complexity index is 270. The maximum absolute atomic E-state index is 12.0. The minimum Gasteiger partial charge on any atom is -0.395 e. The zero-order valence-electron chi connectivity index (χ0n) is 9.36. The quantitative estimate of drug-likeness (QED) is 0.663. The fourth-order valence-corrected chi connectivity index (χ4v) is 1.18. The van der Waals surface area contributed by atoms with E-state index in [1.807, 2.05) is 6.07 Å². The minimum atomic E-state index is -1.00. The molecule has 0 aliphatic rings. The molecule has 15 heavy (non-hydrogen) atoms. The second-order valence-electron chi connectivity index (χ2n) is 3.56. The standard InChI is InChI=1S/C11H18N2O2/c1-4-6-13(7-8-14)10(15)11(3,5-2)9-12/h4,14H,1,5-8H2,2-3H3. The summed E-state index contributed by atoms with van der Waals surface area (Å²) in [7, 11) is 0. The molecule has 0 bridgehead atoms. The second kappa shape index (κ2) is 6.20. The molecule has 0 aromatic heterocycles. The average molecular weight is 210 g/mol.